The molecule has 1 fully saturated rings. The Morgan fingerprint density at radius 3 is 2.22 bits per heavy atom. The average molecular weight is 588 g/mol. The van der Waals surface area contributed by atoms with Crippen molar-refractivity contribution in [2.75, 3.05) is 10.6 Å². The summed E-state index contributed by atoms with van der Waals surface area (Å²) in [5, 5.41) is 17.3. The molecule has 1 aliphatic carbocycles. The first kappa shape index (κ1) is 26.5. The molecule has 2 N–H and O–H groups in total. The molecule has 0 aliphatic heterocycles. The summed E-state index contributed by atoms with van der Waals surface area (Å²) in [6, 6.07) is 13.3. The number of non-ortho nitro benzene ring substituents is 1. The molecule has 0 heterocycles. The van der Waals surface area contributed by atoms with E-state index in [1.54, 1.807) is 25.1 Å². The van der Waals surface area contributed by atoms with E-state index in [0.29, 0.717) is 32.5 Å². The number of hydrogen-bond donors (Lipinski definition) is 2. The normalized spacial score (nSPS) is 17.8. The lowest BCUT2D eigenvalue weighted by Crippen LogP contribution is -2.18. The molecule has 0 unspecified atom stereocenters. The van der Waals surface area contributed by atoms with Gasteiger partial charge in [-0.05, 0) is 60.5 Å². The van der Waals surface area contributed by atoms with E-state index in [1.165, 1.54) is 36.4 Å². The van der Waals surface area contributed by atoms with Crippen molar-refractivity contribution in [3.63, 3.8) is 0 Å². The maximum atomic E-state index is 13.0. The van der Waals surface area contributed by atoms with Crippen LogP contribution in [0.2, 0.25) is 15.1 Å². The number of alkyl halides is 2. The Morgan fingerprint density at radius 1 is 0.944 bits per heavy atom. The molecule has 36 heavy (non-hydrogen) atoms. The van der Waals surface area contributed by atoms with Crippen molar-refractivity contribution in [3.8, 4) is 0 Å². The van der Waals surface area contributed by atoms with E-state index in [9.17, 15) is 19.7 Å². The fourth-order valence-electron chi connectivity index (χ4n) is 3.91. The van der Waals surface area contributed by atoms with Gasteiger partial charge in [0.15, 0.2) is 0 Å². The number of carbonyl (C=O) groups excluding carboxylic acids is 2. The molecule has 4 rings (SSSR count). The number of nitro groups is 1. The topological polar surface area (TPSA) is 101 Å². The summed E-state index contributed by atoms with van der Waals surface area (Å²) in [6.07, 6.45) is 0. The molecule has 12 heteroatoms. The highest BCUT2D eigenvalue weighted by atomic mass is 35.5. The molecular formula is C24H16Cl5N3O4. The predicted octanol–water partition coefficient (Wildman–Crippen LogP) is 7.64. The fourth-order valence-corrected chi connectivity index (χ4v) is 5.49. The zero-order valence-corrected chi connectivity index (χ0v) is 22.1. The number of nitro benzene ring substituents is 1. The zero-order chi connectivity index (χ0) is 26.4. The minimum absolute atomic E-state index is 0.0872. The molecule has 0 spiro atoms. The third-order valence-corrected chi connectivity index (χ3v) is 7.43. The third kappa shape index (κ3) is 5.41. The fraction of sp³-hybridized carbons (Fsp3) is 0.167. The van der Waals surface area contributed by atoms with Crippen molar-refractivity contribution < 1.29 is 14.5 Å². The lowest BCUT2D eigenvalue weighted by Gasteiger charge is -2.11. The van der Waals surface area contributed by atoms with Crippen LogP contribution >= 0.6 is 58.0 Å². The molecule has 2 amide bonds. The Kier molecular flexibility index (Phi) is 7.42. The van der Waals surface area contributed by atoms with Crippen LogP contribution in [0, 0.1) is 23.0 Å². The maximum absolute atomic E-state index is 13.0. The lowest BCUT2D eigenvalue weighted by molar-refractivity contribution is -0.384. The van der Waals surface area contributed by atoms with Gasteiger partial charge in [0.25, 0.3) is 11.6 Å². The highest BCUT2D eigenvalue weighted by Gasteiger charge is 2.67. The molecule has 3 aromatic rings. The number of nitrogens with one attached hydrogen (secondary N) is 2. The molecule has 186 valence electrons. The van der Waals surface area contributed by atoms with Crippen molar-refractivity contribution in [2.45, 2.75) is 17.2 Å². The highest BCUT2D eigenvalue weighted by molar-refractivity contribution is 6.53. The molecule has 3 aromatic carbocycles. The van der Waals surface area contributed by atoms with Crippen molar-refractivity contribution in [3.05, 3.63) is 96.5 Å². The monoisotopic (exact) mass is 585 g/mol. The van der Waals surface area contributed by atoms with Crippen LogP contribution in [0.25, 0.3) is 0 Å². The summed E-state index contributed by atoms with van der Waals surface area (Å²) >= 11 is 31.2. The number of carbonyl (C=O) groups is 2. The number of halogens is 5. The smallest absolute Gasteiger partial charge is 0.269 e. The lowest BCUT2D eigenvalue weighted by atomic mass is 10.1. The zero-order valence-electron chi connectivity index (χ0n) is 18.3. The molecule has 0 radical (unpaired) electrons. The number of anilines is 2. The first-order valence-electron chi connectivity index (χ1n) is 10.4. The standard InChI is InChI=1S/C24H16Cl5N3O4/c1-11-6-16(32(35)36)3-5-19(11)31-22(33)17-10-15(2-4-18(17)27)30-23(34)21-20(24(21,28)29)12-7-13(25)9-14(26)8-12/h2-10,20-21H,1H3,(H,30,34)(H,31,33)/t20-,21+/m1/s1. The van der Waals surface area contributed by atoms with E-state index in [0.717, 1.165) is 0 Å². The molecule has 7 nitrogen and oxygen atoms in total. The number of hydrogen-bond acceptors (Lipinski definition) is 4. The molecule has 1 aliphatic rings. The van der Waals surface area contributed by atoms with Crippen LogP contribution in [0.15, 0.2) is 54.6 Å². The van der Waals surface area contributed by atoms with Gasteiger partial charge >= 0.3 is 0 Å². The number of benzene rings is 3. The maximum Gasteiger partial charge on any atom is 0.269 e. The summed E-state index contributed by atoms with van der Waals surface area (Å²) < 4.78 is -1.36. The minimum Gasteiger partial charge on any atom is -0.326 e. The second-order valence-electron chi connectivity index (χ2n) is 8.23. The van der Waals surface area contributed by atoms with Crippen LogP contribution in [0.3, 0.4) is 0 Å². The minimum atomic E-state index is -1.36. The Morgan fingerprint density at radius 2 is 1.61 bits per heavy atom. The van der Waals surface area contributed by atoms with E-state index in [-0.39, 0.29) is 16.3 Å². The van der Waals surface area contributed by atoms with Crippen LogP contribution in [0.4, 0.5) is 17.1 Å². The van der Waals surface area contributed by atoms with E-state index in [4.69, 9.17) is 58.0 Å². The second kappa shape index (κ2) is 10.1. The highest BCUT2D eigenvalue weighted by Crippen LogP contribution is 2.65. The van der Waals surface area contributed by atoms with Crippen molar-refractivity contribution >= 4 is 86.9 Å². The summed E-state index contributed by atoms with van der Waals surface area (Å²) in [6.45, 7) is 1.63. The molecular weight excluding hydrogens is 572 g/mol. The van der Waals surface area contributed by atoms with Crippen molar-refractivity contribution in [1.82, 2.24) is 0 Å². The van der Waals surface area contributed by atoms with Gasteiger partial charge in [-0.15, -0.1) is 23.2 Å². The van der Waals surface area contributed by atoms with Crippen molar-refractivity contribution in [1.29, 1.82) is 0 Å². The summed E-state index contributed by atoms with van der Waals surface area (Å²) in [5.74, 6) is -2.33. The quantitative estimate of drug-likeness (QED) is 0.176. The van der Waals surface area contributed by atoms with Gasteiger partial charge in [0, 0.05) is 39.5 Å². The molecule has 0 aromatic heterocycles. The number of rotatable bonds is 6. The SMILES string of the molecule is Cc1cc([N+](=O)[O-])ccc1NC(=O)c1cc(NC(=O)[C@@H]2[C@@H](c3cc(Cl)cc(Cl)c3)C2(Cl)Cl)ccc1Cl. The third-order valence-electron chi connectivity index (χ3n) is 5.73. The van der Waals surface area contributed by atoms with Crippen LogP contribution in [-0.4, -0.2) is 21.1 Å². The van der Waals surface area contributed by atoms with Crippen LogP contribution in [0.1, 0.15) is 27.4 Å². The van der Waals surface area contributed by atoms with Crippen LogP contribution in [0.5, 0.6) is 0 Å². The molecule has 0 saturated heterocycles. The van der Waals surface area contributed by atoms with Gasteiger partial charge in [0.1, 0.15) is 4.33 Å². The number of nitrogens with zero attached hydrogens (tertiary/aromatic N) is 1. The Balaban J connectivity index is 1.51. The van der Waals surface area contributed by atoms with E-state index < -0.39 is 32.9 Å². The van der Waals surface area contributed by atoms with Gasteiger partial charge in [-0.3, -0.25) is 19.7 Å². The molecule has 1 saturated carbocycles. The Bertz CT molecular complexity index is 1390. The Hall–Kier alpha value is -2.55. The van der Waals surface area contributed by atoms with E-state index >= 15 is 0 Å². The van der Waals surface area contributed by atoms with Crippen LogP contribution < -0.4 is 10.6 Å². The average Bonchev–Trinajstić information content (AvgIpc) is 3.37. The summed E-state index contributed by atoms with van der Waals surface area (Å²) in [4.78, 5) is 36.3. The van der Waals surface area contributed by atoms with Gasteiger partial charge in [-0.1, -0.05) is 34.8 Å². The van der Waals surface area contributed by atoms with Gasteiger partial charge in [0.05, 0.1) is 21.4 Å². The summed E-state index contributed by atoms with van der Waals surface area (Å²) in [7, 11) is 0. The van der Waals surface area contributed by atoms with Crippen molar-refractivity contribution in [2.24, 2.45) is 5.92 Å². The number of amides is 2. The van der Waals surface area contributed by atoms with Gasteiger partial charge in [-0.25, -0.2) is 0 Å². The van der Waals surface area contributed by atoms with Gasteiger partial charge in [-0.2, -0.15) is 0 Å². The largest absolute Gasteiger partial charge is 0.326 e. The van der Waals surface area contributed by atoms with Gasteiger partial charge in [0.2, 0.25) is 5.91 Å². The van der Waals surface area contributed by atoms with E-state index in [1.807, 2.05) is 0 Å². The van der Waals surface area contributed by atoms with E-state index in [2.05, 4.69) is 10.6 Å². The van der Waals surface area contributed by atoms with Crippen LogP contribution in [-0.2, 0) is 4.79 Å². The first-order valence-corrected chi connectivity index (χ1v) is 12.3. The Labute approximate surface area is 230 Å². The number of aryl methyl sites for hydroxylation is 1. The predicted molar refractivity (Wildman–Crippen MR) is 143 cm³/mol. The first-order chi connectivity index (χ1) is 16.9. The molecule has 0 bridgehead atoms. The van der Waals surface area contributed by atoms with Gasteiger partial charge < -0.3 is 10.6 Å². The molecule has 2 atom stereocenters. The second-order valence-corrected chi connectivity index (χ2v) is 11.0. The summed E-state index contributed by atoms with van der Waals surface area (Å²) in [5.41, 5.74) is 1.80.